The van der Waals surface area contributed by atoms with Crippen molar-refractivity contribution in [1.29, 1.82) is 0 Å². The highest BCUT2D eigenvalue weighted by molar-refractivity contribution is 5.33. The maximum atomic E-state index is 5.10. The molecule has 0 spiro atoms. The molecular formula is C16H23N3O. The van der Waals surface area contributed by atoms with Crippen molar-refractivity contribution < 1.29 is 4.74 Å². The Morgan fingerprint density at radius 1 is 1.30 bits per heavy atom. The number of imidazole rings is 1. The molecule has 1 aromatic heterocycles. The Bertz CT molecular complexity index is 495. The van der Waals surface area contributed by atoms with E-state index in [4.69, 9.17) is 4.74 Å². The van der Waals surface area contributed by atoms with Gasteiger partial charge in [-0.1, -0.05) is 37.3 Å². The molecule has 2 aromatic rings. The molecule has 0 bridgehead atoms. The van der Waals surface area contributed by atoms with E-state index in [9.17, 15) is 0 Å². The first kappa shape index (κ1) is 14.6. The van der Waals surface area contributed by atoms with E-state index in [-0.39, 0.29) is 0 Å². The highest BCUT2D eigenvalue weighted by Gasteiger charge is 2.11. The van der Waals surface area contributed by atoms with Gasteiger partial charge in [-0.25, -0.2) is 4.98 Å². The molecule has 0 aliphatic rings. The summed E-state index contributed by atoms with van der Waals surface area (Å²) in [7, 11) is 1.73. The second-order valence-electron chi connectivity index (χ2n) is 4.81. The zero-order valence-electron chi connectivity index (χ0n) is 12.2. The van der Waals surface area contributed by atoms with Gasteiger partial charge in [0.25, 0.3) is 0 Å². The molecule has 4 nitrogen and oxygen atoms in total. The standard InChI is InChI=1S/C16H23N3O/c1-3-15(14-8-5-4-6-9-14)18-16-17-10-12-19(16)11-7-13-20-2/h4-6,8-10,12,15H,3,7,11,13H2,1-2H3,(H,17,18). The fourth-order valence-electron chi connectivity index (χ4n) is 2.27. The molecule has 0 fully saturated rings. The molecular weight excluding hydrogens is 250 g/mol. The largest absolute Gasteiger partial charge is 0.385 e. The Kier molecular flexibility index (Phi) is 5.62. The number of nitrogens with one attached hydrogen (secondary N) is 1. The summed E-state index contributed by atoms with van der Waals surface area (Å²) in [4.78, 5) is 4.42. The molecule has 20 heavy (non-hydrogen) atoms. The maximum Gasteiger partial charge on any atom is 0.203 e. The van der Waals surface area contributed by atoms with Crippen LogP contribution in [0.3, 0.4) is 0 Å². The van der Waals surface area contributed by atoms with Gasteiger partial charge in [0.15, 0.2) is 0 Å². The summed E-state index contributed by atoms with van der Waals surface area (Å²) in [5.41, 5.74) is 1.29. The van der Waals surface area contributed by atoms with Crippen molar-refractivity contribution in [3.05, 3.63) is 48.3 Å². The summed E-state index contributed by atoms with van der Waals surface area (Å²) in [5, 5.41) is 3.53. The summed E-state index contributed by atoms with van der Waals surface area (Å²) >= 11 is 0. The fourth-order valence-corrected chi connectivity index (χ4v) is 2.27. The summed E-state index contributed by atoms with van der Waals surface area (Å²) in [6.07, 6.45) is 5.86. The second kappa shape index (κ2) is 7.70. The molecule has 0 saturated heterocycles. The van der Waals surface area contributed by atoms with Crippen molar-refractivity contribution in [2.75, 3.05) is 19.0 Å². The Morgan fingerprint density at radius 3 is 2.80 bits per heavy atom. The minimum Gasteiger partial charge on any atom is -0.385 e. The minimum atomic E-state index is 0.291. The van der Waals surface area contributed by atoms with E-state index < -0.39 is 0 Å². The highest BCUT2D eigenvalue weighted by Crippen LogP contribution is 2.21. The number of rotatable bonds is 8. The molecule has 1 N–H and O–H groups in total. The van der Waals surface area contributed by atoms with Crippen molar-refractivity contribution in [1.82, 2.24) is 9.55 Å². The van der Waals surface area contributed by atoms with E-state index in [0.29, 0.717) is 6.04 Å². The summed E-state index contributed by atoms with van der Waals surface area (Å²) in [6.45, 7) is 3.87. The van der Waals surface area contributed by atoms with Gasteiger partial charge in [-0.2, -0.15) is 0 Å². The molecule has 1 unspecified atom stereocenters. The first-order valence-corrected chi connectivity index (χ1v) is 7.16. The molecule has 1 atom stereocenters. The lowest BCUT2D eigenvalue weighted by Crippen LogP contribution is -2.14. The quantitative estimate of drug-likeness (QED) is 0.748. The van der Waals surface area contributed by atoms with Crippen LogP contribution in [0.2, 0.25) is 0 Å². The van der Waals surface area contributed by atoms with E-state index in [0.717, 1.165) is 31.9 Å². The maximum absolute atomic E-state index is 5.10. The predicted molar refractivity (Wildman–Crippen MR) is 81.8 cm³/mol. The topological polar surface area (TPSA) is 39.1 Å². The van der Waals surface area contributed by atoms with Crippen LogP contribution in [0.1, 0.15) is 31.4 Å². The van der Waals surface area contributed by atoms with Gasteiger partial charge in [-0.05, 0) is 18.4 Å². The zero-order valence-corrected chi connectivity index (χ0v) is 12.2. The number of nitrogens with zero attached hydrogens (tertiary/aromatic N) is 2. The first-order chi connectivity index (χ1) is 9.85. The van der Waals surface area contributed by atoms with Crippen LogP contribution in [-0.4, -0.2) is 23.3 Å². The SMILES string of the molecule is CCC(Nc1nccn1CCCOC)c1ccccc1. The number of hydrogen-bond donors (Lipinski definition) is 1. The lowest BCUT2D eigenvalue weighted by Gasteiger charge is -2.19. The van der Waals surface area contributed by atoms with E-state index in [1.54, 1.807) is 7.11 Å². The van der Waals surface area contributed by atoms with Crippen LogP contribution in [0.15, 0.2) is 42.7 Å². The highest BCUT2D eigenvalue weighted by atomic mass is 16.5. The fraction of sp³-hybridized carbons (Fsp3) is 0.438. The average Bonchev–Trinajstić information content (AvgIpc) is 2.93. The van der Waals surface area contributed by atoms with E-state index in [1.165, 1.54) is 5.56 Å². The number of aromatic nitrogens is 2. The number of anilines is 1. The van der Waals surface area contributed by atoms with Gasteiger partial charge in [0.1, 0.15) is 0 Å². The molecule has 108 valence electrons. The first-order valence-electron chi connectivity index (χ1n) is 7.16. The number of ether oxygens (including phenoxy) is 1. The molecule has 1 aromatic carbocycles. The second-order valence-corrected chi connectivity index (χ2v) is 4.81. The summed E-state index contributed by atoms with van der Waals surface area (Å²) < 4.78 is 7.24. The third-order valence-corrected chi connectivity index (χ3v) is 3.38. The summed E-state index contributed by atoms with van der Waals surface area (Å²) in [6, 6.07) is 10.8. The van der Waals surface area contributed by atoms with Crippen molar-refractivity contribution in [3.8, 4) is 0 Å². The Labute approximate surface area is 120 Å². The van der Waals surface area contributed by atoms with Gasteiger partial charge >= 0.3 is 0 Å². The van der Waals surface area contributed by atoms with Gasteiger partial charge in [0, 0.05) is 32.7 Å². The van der Waals surface area contributed by atoms with Crippen molar-refractivity contribution in [2.24, 2.45) is 0 Å². The van der Waals surface area contributed by atoms with Crippen LogP contribution in [0.4, 0.5) is 5.95 Å². The van der Waals surface area contributed by atoms with Gasteiger partial charge < -0.3 is 14.6 Å². The minimum absolute atomic E-state index is 0.291. The molecule has 0 aliphatic carbocycles. The van der Waals surface area contributed by atoms with Crippen LogP contribution in [-0.2, 0) is 11.3 Å². The summed E-state index contributed by atoms with van der Waals surface area (Å²) in [5.74, 6) is 0.928. The molecule has 4 heteroatoms. The van der Waals surface area contributed by atoms with Gasteiger partial charge in [-0.3, -0.25) is 0 Å². The average molecular weight is 273 g/mol. The monoisotopic (exact) mass is 273 g/mol. The molecule has 1 heterocycles. The molecule has 2 rings (SSSR count). The van der Waals surface area contributed by atoms with Gasteiger partial charge in [0.2, 0.25) is 5.95 Å². The van der Waals surface area contributed by atoms with E-state index in [2.05, 4.69) is 46.1 Å². The Balaban J connectivity index is 2.03. The van der Waals surface area contributed by atoms with Crippen molar-refractivity contribution in [3.63, 3.8) is 0 Å². The van der Waals surface area contributed by atoms with Crippen LogP contribution in [0.5, 0.6) is 0 Å². The third-order valence-electron chi connectivity index (χ3n) is 3.38. The lowest BCUT2D eigenvalue weighted by atomic mass is 10.1. The smallest absolute Gasteiger partial charge is 0.203 e. The van der Waals surface area contributed by atoms with Gasteiger partial charge in [-0.15, -0.1) is 0 Å². The van der Waals surface area contributed by atoms with Crippen LogP contribution < -0.4 is 5.32 Å². The number of benzene rings is 1. The number of aryl methyl sites for hydroxylation is 1. The Morgan fingerprint density at radius 2 is 2.10 bits per heavy atom. The molecule has 0 saturated carbocycles. The number of methoxy groups -OCH3 is 1. The van der Waals surface area contributed by atoms with Crippen molar-refractivity contribution >= 4 is 5.95 Å². The van der Waals surface area contributed by atoms with Gasteiger partial charge in [0.05, 0.1) is 6.04 Å². The van der Waals surface area contributed by atoms with Crippen LogP contribution in [0, 0.1) is 0 Å². The molecule has 0 amide bonds. The normalized spacial score (nSPS) is 12.3. The zero-order chi connectivity index (χ0) is 14.2. The van der Waals surface area contributed by atoms with Crippen LogP contribution >= 0.6 is 0 Å². The predicted octanol–water partition coefficient (Wildman–Crippen LogP) is 3.48. The van der Waals surface area contributed by atoms with E-state index >= 15 is 0 Å². The Hall–Kier alpha value is -1.81. The van der Waals surface area contributed by atoms with Crippen LogP contribution in [0.25, 0.3) is 0 Å². The number of hydrogen-bond acceptors (Lipinski definition) is 3. The lowest BCUT2D eigenvalue weighted by molar-refractivity contribution is 0.190. The molecule has 0 radical (unpaired) electrons. The van der Waals surface area contributed by atoms with E-state index in [1.807, 2.05) is 18.5 Å². The third kappa shape index (κ3) is 3.84. The van der Waals surface area contributed by atoms with Crippen molar-refractivity contribution in [2.45, 2.75) is 32.4 Å². The molecule has 0 aliphatic heterocycles.